The molecule has 4 rings (SSSR count). The van der Waals surface area contributed by atoms with Gasteiger partial charge in [-0.1, -0.05) is 48.0 Å². The summed E-state index contributed by atoms with van der Waals surface area (Å²) in [7, 11) is 0. The van der Waals surface area contributed by atoms with Crippen LogP contribution in [-0.4, -0.2) is 28.2 Å². The van der Waals surface area contributed by atoms with Crippen LogP contribution in [0.5, 0.6) is 0 Å². The van der Waals surface area contributed by atoms with Gasteiger partial charge in [0.25, 0.3) is 11.8 Å². The number of benzene rings is 2. The van der Waals surface area contributed by atoms with Crippen molar-refractivity contribution in [2.45, 2.75) is 13.0 Å². The fraction of sp³-hybridized carbons (Fsp3) is 0.136. The van der Waals surface area contributed by atoms with E-state index in [0.717, 1.165) is 12.0 Å². The normalized spacial score (nSPS) is 13.0. The first-order valence-electron chi connectivity index (χ1n) is 9.00. The van der Waals surface area contributed by atoms with E-state index in [4.69, 9.17) is 11.6 Å². The largest absolute Gasteiger partial charge is 0.333 e. The molecule has 1 aliphatic rings. The van der Waals surface area contributed by atoms with Crippen molar-refractivity contribution in [3.63, 3.8) is 0 Å². The van der Waals surface area contributed by atoms with Crippen molar-refractivity contribution in [1.82, 2.24) is 9.88 Å². The van der Waals surface area contributed by atoms with Gasteiger partial charge in [-0.15, -0.1) is 0 Å². The molecule has 5 nitrogen and oxygen atoms in total. The third kappa shape index (κ3) is 3.75. The van der Waals surface area contributed by atoms with E-state index in [1.165, 1.54) is 17.8 Å². The van der Waals surface area contributed by atoms with Crippen LogP contribution < -0.4 is 5.32 Å². The number of aromatic nitrogens is 1. The van der Waals surface area contributed by atoms with E-state index in [9.17, 15) is 9.59 Å². The molecule has 28 heavy (non-hydrogen) atoms. The summed E-state index contributed by atoms with van der Waals surface area (Å²) in [6, 6.07) is 18.2. The number of carbonyl (C=O) groups excluding carboxylic acids is 2. The Labute approximate surface area is 168 Å². The molecule has 1 aromatic heterocycles. The Balaban J connectivity index is 1.51. The van der Waals surface area contributed by atoms with Gasteiger partial charge >= 0.3 is 0 Å². The zero-order chi connectivity index (χ0) is 19.5. The van der Waals surface area contributed by atoms with Gasteiger partial charge in [-0.2, -0.15) is 0 Å². The predicted molar refractivity (Wildman–Crippen MR) is 109 cm³/mol. The van der Waals surface area contributed by atoms with E-state index in [-0.39, 0.29) is 17.5 Å². The van der Waals surface area contributed by atoms with Crippen molar-refractivity contribution in [2.24, 2.45) is 0 Å². The summed E-state index contributed by atoms with van der Waals surface area (Å²) in [4.78, 5) is 31.4. The van der Waals surface area contributed by atoms with Crippen LogP contribution in [0.25, 0.3) is 0 Å². The molecule has 0 unspecified atom stereocenters. The molecule has 0 fully saturated rings. The second-order valence-corrected chi connectivity index (χ2v) is 7.02. The molecule has 0 atom stereocenters. The Morgan fingerprint density at radius 2 is 1.75 bits per heavy atom. The summed E-state index contributed by atoms with van der Waals surface area (Å²) in [5, 5.41) is 3.21. The third-order valence-corrected chi connectivity index (χ3v) is 5.11. The third-order valence-electron chi connectivity index (χ3n) is 4.78. The molecule has 1 aliphatic heterocycles. The minimum atomic E-state index is -0.339. The smallest absolute Gasteiger partial charge is 0.272 e. The molecule has 2 heterocycles. The Bertz CT molecular complexity index is 1050. The molecule has 0 spiro atoms. The Morgan fingerprint density at radius 3 is 2.57 bits per heavy atom. The molecular weight excluding hydrogens is 374 g/mol. The fourth-order valence-corrected chi connectivity index (χ4v) is 3.46. The number of halogens is 1. The van der Waals surface area contributed by atoms with Gasteiger partial charge in [-0.05, 0) is 41.8 Å². The summed E-state index contributed by atoms with van der Waals surface area (Å²) in [6.45, 7) is 1.18. The minimum absolute atomic E-state index is 0.179. The zero-order valence-corrected chi connectivity index (χ0v) is 15.8. The van der Waals surface area contributed by atoms with Crippen LogP contribution in [0.1, 0.15) is 32.0 Å². The van der Waals surface area contributed by atoms with Crippen LogP contribution in [0.15, 0.2) is 66.9 Å². The number of para-hydroxylation sites is 1. The maximum Gasteiger partial charge on any atom is 0.272 e. The summed E-state index contributed by atoms with van der Waals surface area (Å²) in [5.74, 6) is -0.518. The first-order chi connectivity index (χ1) is 13.6. The van der Waals surface area contributed by atoms with Crippen LogP contribution in [0.4, 0.5) is 5.69 Å². The maximum absolute atomic E-state index is 12.9. The van der Waals surface area contributed by atoms with Crippen molar-refractivity contribution in [3.05, 3.63) is 94.3 Å². The maximum atomic E-state index is 12.9. The van der Waals surface area contributed by atoms with E-state index in [1.807, 2.05) is 18.2 Å². The number of rotatable bonds is 3. The number of hydrogen-bond acceptors (Lipinski definition) is 3. The van der Waals surface area contributed by atoms with Crippen molar-refractivity contribution in [2.75, 3.05) is 11.9 Å². The highest BCUT2D eigenvalue weighted by molar-refractivity contribution is 6.33. The van der Waals surface area contributed by atoms with Gasteiger partial charge in [0.05, 0.1) is 10.7 Å². The summed E-state index contributed by atoms with van der Waals surface area (Å²) < 4.78 is 0. The van der Waals surface area contributed by atoms with Gasteiger partial charge in [0.1, 0.15) is 5.69 Å². The van der Waals surface area contributed by atoms with Crippen molar-refractivity contribution < 1.29 is 9.59 Å². The molecule has 0 bridgehead atoms. The van der Waals surface area contributed by atoms with Crippen LogP contribution in [0, 0.1) is 0 Å². The van der Waals surface area contributed by atoms with E-state index in [1.54, 1.807) is 35.2 Å². The van der Waals surface area contributed by atoms with Crippen molar-refractivity contribution in [1.29, 1.82) is 0 Å². The monoisotopic (exact) mass is 391 g/mol. The summed E-state index contributed by atoms with van der Waals surface area (Å²) >= 11 is 6.09. The Hall–Kier alpha value is -3.18. The van der Waals surface area contributed by atoms with Crippen LogP contribution in [0.2, 0.25) is 5.02 Å². The number of anilines is 1. The molecular formula is C22H18ClN3O2. The SMILES string of the molecule is O=C(Nc1ccccc1Cl)c1ccnc(C(=O)N2CCc3ccccc3C2)c1. The first-order valence-corrected chi connectivity index (χ1v) is 9.37. The van der Waals surface area contributed by atoms with Gasteiger partial charge in [-0.25, -0.2) is 0 Å². The average Bonchev–Trinajstić information content (AvgIpc) is 2.74. The lowest BCUT2D eigenvalue weighted by Crippen LogP contribution is -2.36. The van der Waals surface area contributed by atoms with Gasteiger partial charge in [0.15, 0.2) is 0 Å². The Morgan fingerprint density at radius 1 is 1.00 bits per heavy atom. The number of carbonyl (C=O) groups is 2. The predicted octanol–water partition coefficient (Wildman–Crippen LogP) is 4.19. The van der Waals surface area contributed by atoms with Gasteiger partial charge in [0, 0.05) is 24.8 Å². The molecule has 0 saturated heterocycles. The fourth-order valence-electron chi connectivity index (χ4n) is 3.28. The van der Waals surface area contributed by atoms with Crippen molar-refractivity contribution in [3.8, 4) is 0 Å². The number of nitrogens with zero attached hydrogens (tertiary/aromatic N) is 2. The molecule has 0 saturated carbocycles. The number of nitrogens with one attached hydrogen (secondary N) is 1. The lowest BCUT2D eigenvalue weighted by Gasteiger charge is -2.28. The van der Waals surface area contributed by atoms with E-state index in [2.05, 4.69) is 16.4 Å². The first kappa shape index (κ1) is 18.2. The van der Waals surface area contributed by atoms with E-state index < -0.39 is 0 Å². The van der Waals surface area contributed by atoms with Crippen LogP contribution >= 0.6 is 11.6 Å². The molecule has 2 aromatic carbocycles. The van der Waals surface area contributed by atoms with Crippen molar-refractivity contribution >= 4 is 29.1 Å². The molecule has 0 radical (unpaired) electrons. The molecule has 6 heteroatoms. The lowest BCUT2D eigenvalue weighted by molar-refractivity contribution is 0.0728. The van der Waals surface area contributed by atoms with Crippen LogP contribution in [0.3, 0.4) is 0 Å². The molecule has 1 N–H and O–H groups in total. The number of hydrogen-bond donors (Lipinski definition) is 1. The topological polar surface area (TPSA) is 62.3 Å². The van der Waals surface area contributed by atoms with E-state index >= 15 is 0 Å². The number of amides is 2. The highest BCUT2D eigenvalue weighted by Gasteiger charge is 2.23. The highest BCUT2D eigenvalue weighted by atomic mass is 35.5. The summed E-state index contributed by atoms with van der Waals surface area (Å²) in [6.07, 6.45) is 2.29. The average molecular weight is 392 g/mol. The minimum Gasteiger partial charge on any atom is -0.333 e. The standard InChI is InChI=1S/C22H18ClN3O2/c23-18-7-3-4-8-19(18)25-21(27)16-9-11-24-20(13-16)22(28)26-12-10-15-5-1-2-6-17(15)14-26/h1-9,11,13H,10,12,14H2,(H,25,27). The van der Waals surface area contributed by atoms with Crippen LogP contribution in [-0.2, 0) is 13.0 Å². The molecule has 2 amide bonds. The highest BCUT2D eigenvalue weighted by Crippen LogP contribution is 2.22. The molecule has 0 aliphatic carbocycles. The summed E-state index contributed by atoms with van der Waals surface area (Å²) in [5.41, 5.74) is 3.55. The van der Waals surface area contributed by atoms with Gasteiger partial charge in [-0.3, -0.25) is 14.6 Å². The zero-order valence-electron chi connectivity index (χ0n) is 15.1. The molecule has 3 aromatic rings. The Kier molecular flexibility index (Phi) is 5.08. The second kappa shape index (κ2) is 7.82. The second-order valence-electron chi connectivity index (χ2n) is 6.61. The number of fused-ring (bicyclic) bond motifs is 1. The van der Waals surface area contributed by atoms with Gasteiger partial charge < -0.3 is 10.2 Å². The quantitative estimate of drug-likeness (QED) is 0.728. The molecule has 140 valence electrons. The van der Waals surface area contributed by atoms with Gasteiger partial charge in [0.2, 0.25) is 0 Å². The lowest BCUT2D eigenvalue weighted by atomic mass is 9.99. The number of pyridine rings is 1. The van der Waals surface area contributed by atoms with E-state index in [0.29, 0.717) is 29.4 Å².